The van der Waals surface area contributed by atoms with Gasteiger partial charge >= 0.3 is 0 Å². The molecule has 2 rings (SSSR count). The molecule has 7 nitrogen and oxygen atoms in total. The molecule has 1 aliphatic rings. The van der Waals surface area contributed by atoms with Gasteiger partial charge in [0.1, 0.15) is 11.1 Å². The number of aryl methyl sites for hydroxylation is 1. The van der Waals surface area contributed by atoms with E-state index in [-0.39, 0.29) is 22.7 Å². The van der Waals surface area contributed by atoms with Crippen LogP contribution in [-0.2, 0) is 14.3 Å². The minimum Gasteiger partial charge on any atom is -0.376 e. The molecule has 1 fully saturated rings. The Labute approximate surface area is 139 Å². The van der Waals surface area contributed by atoms with Gasteiger partial charge in [-0.3, -0.25) is 14.9 Å². The van der Waals surface area contributed by atoms with Crippen LogP contribution in [0.4, 0.5) is 11.4 Å². The minimum atomic E-state index is -0.687. The topological polar surface area (TPSA) is 90.7 Å². The molecule has 1 saturated heterocycles. The standard InChI is InChI=1S/C15H19ClN2O5/c1-9-6-12(16)14(18(20)21)7-13(9)17-15(19)10(2)23-8-11-4-3-5-22-11/h6-7,10-11H,3-5,8H2,1-2H3,(H,17,19). The number of carbonyl (C=O) groups excluding carboxylic acids is 1. The SMILES string of the molecule is Cc1cc(Cl)c([N+](=O)[O-])cc1NC(=O)C(C)OCC1CCCO1. The lowest BCUT2D eigenvalue weighted by Gasteiger charge is -2.17. The number of benzene rings is 1. The highest BCUT2D eigenvalue weighted by molar-refractivity contribution is 6.32. The van der Waals surface area contributed by atoms with Crippen molar-refractivity contribution in [2.45, 2.75) is 38.9 Å². The van der Waals surface area contributed by atoms with Gasteiger partial charge in [0.2, 0.25) is 0 Å². The maximum absolute atomic E-state index is 12.2. The first-order valence-corrected chi connectivity index (χ1v) is 7.75. The van der Waals surface area contributed by atoms with E-state index in [9.17, 15) is 14.9 Å². The molecule has 1 aliphatic heterocycles. The molecule has 2 unspecified atom stereocenters. The molecule has 126 valence electrons. The molecule has 1 amide bonds. The Hall–Kier alpha value is -1.70. The monoisotopic (exact) mass is 342 g/mol. The number of rotatable bonds is 6. The zero-order valence-electron chi connectivity index (χ0n) is 13.0. The highest BCUT2D eigenvalue weighted by Gasteiger charge is 2.22. The van der Waals surface area contributed by atoms with Crippen LogP contribution < -0.4 is 5.32 Å². The van der Waals surface area contributed by atoms with Gasteiger partial charge < -0.3 is 14.8 Å². The summed E-state index contributed by atoms with van der Waals surface area (Å²) >= 11 is 5.83. The van der Waals surface area contributed by atoms with Gasteiger partial charge in [-0.15, -0.1) is 0 Å². The summed E-state index contributed by atoms with van der Waals surface area (Å²) in [6.45, 7) is 4.42. The first-order chi connectivity index (χ1) is 10.9. The maximum atomic E-state index is 12.2. The van der Waals surface area contributed by atoms with Crippen LogP contribution in [-0.4, -0.2) is 36.3 Å². The summed E-state index contributed by atoms with van der Waals surface area (Å²) in [5.74, 6) is -0.372. The predicted octanol–water partition coefficient (Wildman–Crippen LogP) is 3.08. The second-order valence-electron chi connectivity index (χ2n) is 5.48. The van der Waals surface area contributed by atoms with Crippen molar-refractivity contribution in [1.82, 2.24) is 0 Å². The van der Waals surface area contributed by atoms with Crippen molar-refractivity contribution in [2.75, 3.05) is 18.5 Å². The van der Waals surface area contributed by atoms with E-state index in [0.29, 0.717) is 17.9 Å². The van der Waals surface area contributed by atoms with Gasteiger partial charge in [-0.2, -0.15) is 0 Å². The van der Waals surface area contributed by atoms with Gasteiger partial charge in [-0.1, -0.05) is 11.6 Å². The number of anilines is 1. The van der Waals surface area contributed by atoms with E-state index in [1.807, 2.05) is 0 Å². The third-order valence-electron chi connectivity index (χ3n) is 3.67. The van der Waals surface area contributed by atoms with Crippen molar-refractivity contribution in [2.24, 2.45) is 0 Å². The molecule has 0 radical (unpaired) electrons. The molecular formula is C15H19ClN2O5. The van der Waals surface area contributed by atoms with Crippen LogP contribution in [0.2, 0.25) is 5.02 Å². The Kier molecular flexibility index (Phi) is 5.92. The second kappa shape index (κ2) is 7.72. The molecule has 0 spiro atoms. The van der Waals surface area contributed by atoms with Gasteiger partial charge in [-0.05, 0) is 38.3 Å². The molecule has 0 saturated carbocycles. The van der Waals surface area contributed by atoms with Crippen molar-refractivity contribution < 1.29 is 19.2 Å². The van der Waals surface area contributed by atoms with Crippen molar-refractivity contribution in [3.63, 3.8) is 0 Å². The molecule has 8 heteroatoms. The summed E-state index contributed by atoms with van der Waals surface area (Å²) in [7, 11) is 0. The Balaban J connectivity index is 1.98. The Bertz CT molecular complexity index is 602. The first-order valence-electron chi connectivity index (χ1n) is 7.37. The number of nitrogens with zero attached hydrogens (tertiary/aromatic N) is 1. The fourth-order valence-corrected chi connectivity index (χ4v) is 2.56. The zero-order valence-corrected chi connectivity index (χ0v) is 13.8. The average Bonchev–Trinajstić information content (AvgIpc) is 3.00. The lowest BCUT2D eigenvalue weighted by atomic mass is 10.1. The minimum absolute atomic E-state index is 0.0311. The van der Waals surface area contributed by atoms with E-state index >= 15 is 0 Å². The van der Waals surface area contributed by atoms with Crippen LogP contribution in [0, 0.1) is 17.0 Å². The van der Waals surface area contributed by atoms with Crippen molar-refractivity contribution >= 4 is 28.9 Å². The summed E-state index contributed by atoms with van der Waals surface area (Å²) in [6, 6.07) is 2.70. The van der Waals surface area contributed by atoms with E-state index in [2.05, 4.69) is 5.32 Å². The van der Waals surface area contributed by atoms with Crippen molar-refractivity contribution in [1.29, 1.82) is 0 Å². The summed E-state index contributed by atoms with van der Waals surface area (Å²) < 4.78 is 10.9. The van der Waals surface area contributed by atoms with Crippen LogP contribution in [0.25, 0.3) is 0 Å². The number of hydrogen-bond donors (Lipinski definition) is 1. The lowest BCUT2D eigenvalue weighted by Crippen LogP contribution is -2.30. The molecule has 1 aromatic rings. The average molecular weight is 343 g/mol. The molecular weight excluding hydrogens is 324 g/mol. The summed E-state index contributed by atoms with van der Waals surface area (Å²) in [5, 5.41) is 13.6. The number of ether oxygens (including phenoxy) is 2. The lowest BCUT2D eigenvalue weighted by molar-refractivity contribution is -0.384. The van der Waals surface area contributed by atoms with Gasteiger partial charge in [0.15, 0.2) is 0 Å². The quantitative estimate of drug-likeness (QED) is 0.633. The summed E-state index contributed by atoms with van der Waals surface area (Å²) in [4.78, 5) is 22.5. The Morgan fingerprint density at radius 3 is 2.96 bits per heavy atom. The van der Waals surface area contributed by atoms with Crippen molar-refractivity contribution in [3.05, 3.63) is 32.8 Å². The smallest absolute Gasteiger partial charge is 0.289 e. The van der Waals surface area contributed by atoms with Crippen LogP contribution in [0.1, 0.15) is 25.3 Å². The van der Waals surface area contributed by atoms with Crippen LogP contribution in [0.3, 0.4) is 0 Å². The molecule has 0 aromatic heterocycles. The molecule has 2 atom stereocenters. The summed E-state index contributed by atoms with van der Waals surface area (Å²) in [5.41, 5.74) is 0.736. The fraction of sp³-hybridized carbons (Fsp3) is 0.533. The molecule has 0 bridgehead atoms. The van der Waals surface area contributed by atoms with Crippen LogP contribution in [0.5, 0.6) is 0 Å². The number of carbonyl (C=O) groups is 1. The number of nitro groups is 1. The number of amides is 1. The maximum Gasteiger partial charge on any atom is 0.289 e. The van der Waals surface area contributed by atoms with E-state index in [1.165, 1.54) is 12.1 Å². The van der Waals surface area contributed by atoms with Crippen molar-refractivity contribution in [3.8, 4) is 0 Å². The molecule has 1 heterocycles. The molecule has 0 aliphatic carbocycles. The fourth-order valence-electron chi connectivity index (χ4n) is 2.27. The van der Waals surface area contributed by atoms with Gasteiger partial charge in [0.05, 0.1) is 23.3 Å². The van der Waals surface area contributed by atoms with E-state index in [1.54, 1.807) is 13.8 Å². The third-order valence-corrected chi connectivity index (χ3v) is 3.98. The summed E-state index contributed by atoms with van der Waals surface area (Å²) in [6.07, 6.45) is 1.27. The van der Waals surface area contributed by atoms with Crippen LogP contribution in [0.15, 0.2) is 12.1 Å². The van der Waals surface area contributed by atoms with E-state index in [4.69, 9.17) is 21.1 Å². The molecule has 23 heavy (non-hydrogen) atoms. The second-order valence-corrected chi connectivity index (χ2v) is 5.88. The first kappa shape index (κ1) is 17.7. The predicted molar refractivity (Wildman–Crippen MR) is 85.9 cm³/mol. The number of halogens is 1. The molecule has 1 N–H and O–H groups in total. The highest BCUT2D eigenvalue weighted by atomic mass is 35.5. The normalized spacial score (nSPS) is 18.7. The zero-order chi connectivity index (χ0) is 17.0. The number of nitrogens with one attached hydrogen (secondary N) is 1. The highest BCUT2D eigenvalue weighted by Crippen LogP contribution is 2.30. The Morgan fingerprint density at radius 2 is 2.35 bits per heavy atom. The van der Waals surface area contributed by atoms with Gasteiger partial charge in [0, 0.05) is 12.7 Å². The third kappa shape index (κ3) is 4.63. The molecule has 1 aromatic carbocycles. The van der Waals surface area contributed by atoms with E-state index in [0.717, 1.165) is 19.4 Å². The van der Waals surface area contributed by atoms with Gasteiger partial charge in [0.25, 0.3) is 11.6 Å². The Morgan fingerprint density at radius 1 is 1.61 bits per heavy atom. The largest absolute Gasteiger partial charge is 0.376 e. The number of hydrogen-bond acceptors (Lipinski definition) is 5. The van der Waals surface area contributed by atoms with E-state index < -0.39 is 11.0 Å². The van der Waals surface area contributed by atoms with Crippen LogP contribution >= 0.6 is 11.6 Å². The number of nitro benzene ring substituents is 1. The van der Waals surface area contributed by atoms with Gasteiger partial charge in [-0.25, -0.2) is 0 Å².